The summed E-state index contributed by atoms with van der Waals surface area (Å²) in [5, 5.41) is 23.9. The molecule has 2 heterocycles. The second-order valence-electron chi connectivity index (χ2n) is 6.88. The Balaban J connectivity index is 2.16. The molecule has 1 aliphatic heterocycles. The number of benzene rings is 1. The summed E-state index contributed by atoms with van der Waals surface area (Å²) >= 11 is 0. The summed E-state index contributed by atoms with van der Waals surface area (Å²) in [5.41, 5.74) is 13.6. The zero-order chi connectivity index (χ0) is 22.5. The molecular weight excluding hydrogens is 396 g/mol. The number of pyridine rings is 1. The lowest BCUT2D eigenvalue weighted by Gasteiger charge is -2.27. The van der Waals surface area contributed by atoms with Crippen LogP contribution in [-0.2, 0) is 0 Å². The van der Waals surface area contributed by atoms with Crippen LogP contribution in [0.15, 0.2) is 23.2 Å². The molecule has 0 saturated heterocycles. The number of aromatic nitrogens is 1. The first-order chi connectivity index (χ1) is 14.9. The number of rotatable bonds is 6. The third kappa shape index (κ3) is 4.23. The van der Waals surface area contributed by atoms with Crippen molar-refractivity contribution in [1.82, 2.24) is 10.3 Å². The quantitative estimate of drug-likeness (QED) is 0.405. The van der Waals surface area contributed by atoms with Crippen molar-refractivity contribution >= 4 is 23.3 Å². The molecule has 6 N–H and O–H groups in total. The van der Waals surface area contributed by atoms with E-state index in [4.69, 9.17) is 26.2 Å². The number of hydrogen-bond donors (Lipinski definition) is 4. The SMILES string of the molecule is CCOc1cc(C2N=C(NC#N)Nc3nc(N)c(C#N)c(N)c32)ccc1OC(C)CC. The Hall–Kier alpha value is -4.18. The predicted octanol–water partition coefficient (Wildman–Crippen LogP) is 2.64. The minimum Gasteiger partial charge on any atom is -0.490 e. The second kappa shape index (κ2) is 9.09. The normalized spacial score (nSPS) is 15.4. The molecule has 10 nitrogen and oxygen atoms in total. The van der Waals surface area contributed by atoms with E-state index in [-0.39, 0.29) is 29.1 Å². The lowest BCUT2D eigenvalue weighted by molar-refractivity contribution is 0.203. The molecule has 3 rings (SSSR count). The van der Waals surface area contributed by atoms with Gasteiger partial charge in [0.05, 0.1) is 18.4 Å². The highest BCUT2D eigenvalue weighted by Gasteiger charge is 2.30. The van der Waals surface area contributed by atoms with E-state index in [0.717, 1.165) is 12.0 Å². The Kier molecular flexibility index (Phi) is 6.32. The minimum absolute atomic E-state index is 0.00415. The number of anilines is 3. The topological polar surface area (TPSA) is 167 Å². The number of fused-ring (bicyclic) bond motifs is 1. The minimum atomic E-state index is -0.649. The van der Waals surface area contributed by atoms with Gasteiger partial charge in [0, 0.05) is 5.56 Å². The highest BCUT2D eigenvalue weighted by molar-refractivity contribution is 5.98. The van der Waals surface area contributed by atoms with E-state index >= 15 is 0 Å². The zero-order valence-electron chi connectivity index (χ0n) is 17.6. The van der Waals surface area contributed by atoms with E-state index in [1.165, 1.54) is 0 Å². The monoisotopic (exact) mass is 420 g/mol. The maximum absolute atomic E-state index is 9.45. The lowest BCUT2D eigenvalue weighted by atomic mass is 9.95. The van der Waals surface area contributed by atoms with Gasteiger partial charge in [0.15, 0.2) is 17.7 Å². The number of nitrogens with zero attached hydrogens (tertiary/aromatic N) is 4. The number of nitriles is 2. The van der Waals surface area contributed by atoms with Crippen molar-refractivity contribution in [1.29, 1.82) is 10.5 Å². The lowest BCUT2D eigenvalue weighted by Crippen LogP contribution is -2.32. The fourth-order valence-electron chi connectivity index (χ4n) is 3.18. The van der Waals surface area contributed by atoms with Gasteiger partial charge in [-0.2, -0.15) is 10.5 Å². The van der Waals surface area contributed by atoms with Gasteiger partial charge in [-0.05, 0) is 38.0 Å². The molecule has 2 atom stereocenters. The second-order valence-corrected chi connectivity index (χ2v) is 6.88. The molecule has 0 amide bonds. The Morgan fingerprint density at radius 1 is 1.26 bits per heavy atom. The first-order valence-corrected chi connectivity index (χ1v) is 9.85. The van der Waals surface area contributed by atoms with Crippen molar-refractivity contribution < 1.29 is 9.47 Å². The number of aliphatic imine (C=N–C) groups is 1. The molecule has 0 radical (unpaired) electrons. The molecule has 160 valence electrons. The Morgan fingerprint density at radius 3 is 2.68 bits per heavy atom. The van der Waals surface area contributed by atoms with Crippen molar-refractivity contribution in [2.24, 2.45) is 4.99 Å². The summed E-state index contributed by atoms with van der Waals surface area (Å²) in [6, 6.07) is 6.81. The van der Waals surface area contributed by atoms with Gasteiger partial charge < -0.3 is 26.3 Å². The zero-order valence-corrected chi connectivity index (χ0v) is 17.6. The number of guanidine groups is 1. The molecule has 2 aromatic rings. The summed E-state index contributed by atoms with van der Waals surface area (Å²) in [7, 11) is 0. The van der Waals surface area contributed by atoms with E-state index in [1.54, 1.807) is 0 Å². The molecule has 2 unspecified atom stereocenters. The van der Waals surface area contributed by atoms with Gasteiger partial charge in [-0.15, -0.1) is 0 Å². The van der Waals surface area contributed by atoms with Crippen molar-refractivity contribution in [3.05, 3.63) is 34.9 Å². The fourth-order valence-corrected chi connectivity index (χ4v) is 3.18. The highest BCUT2D eigenvalue weighted by atomic mass is 16.5. The van der Waals surface area contributed by atoms with Crippen molar-refractivity contribution in [2.75, 3.05) is 23.4 Å². The van der Waals surface area contributed by atoms with Crippen LogP contribution in [0, 0.1) is 22.8 Å². The first-order valence-electron chi connectivity index (χ1n) is 9.85. The molecule has 1 aliphatic rings. The largest absolute Gasteiger partial charge is 0.490 e. The molecular formula is C21H24N8O2. The van der Waals surface area contributed by atoms with Crippen molar-refractivity contribution in [3.8, 4) is 23.8 Å². The van der Waals surface area contributed by atoms with Gasteiger partial charge >= 0.3 is 0 Å². The van der Waals surface area contributed by atoms with E-state index < -0.39 is 6.04 Å². The molecule has 31 heavy (non-hydrogen) atoms. The number of nitrogen functional groups attached to an aromatic ring is 2. The molecule has 1 aromatic heterocycles. The van der Waals surface area contributed by atoms with Gasteiger partial charge in [0.25, 0.3) is 0 Å². The van der Waals surface area contributed by atoms with Crippen LogP contribution < -0.4 is 31.6 Å². The van der Waals surface area contributed by atoms with Gasteiger partial charge in [0.2, 0.25) is 5.96 Å². The van der Waals surface area contributed by atoms with Crippen LogP contribution in [0.2, 0.25) is 0 Å². The molecule has 1 aromatic carbocycles. The first kappa shape index (κ1) is 21.5. The van der Waals surface area contributed by atoms with Crippen LogP contribution in [0.5, 0.6) is 11.5 Å². The summed E-state index contributed by atoms with van der Waals surface area (Å²) in [4.78, 5) is 8.82. The third-order valence-corrected chi connectivity index (χ3v) is 4.84. The standard InChI is InChI=1S/C21H24N8O2/c1-4-11(3)31-14-7-6-12(8-15(14)30-5-2)18-16-17(24)13(9-22)19(25)28-20(16)29-21(27-18)26-10-23/h6-8,11,18H,4-5H2,1-3H3,(H6,24,25,26,27,28,29). The molecule has 0 fully saturated rings. The van der Waals surface area contributed by atoms with E-state index in [2.05, 4.69) is 20.6 Å². The van der Waals surface area contributed by atoms with Crippen LogP contribution in [0.3, 0.4) is 0 Å². The van der Waals surface area contributed by atoms with E-state index in [0.29, 0.717) is 29.5 Å². The van der Waals surface area contributed by atoms with Crippen LogP contribution >= 0.6 is 0 Å². The smallest absolute Gasteiger partial charge is 0.211 e. The van der Waals surface area contributed by atoms with Crippen molar-refractivity contribution in [2.45, 2.75) is 39.3 Å². The number of hydrogen-bond acceptors (Lipinski definition) is 10. The van der Waals surface area contributed by atoms with Gasteiger partial charge in [-0.3, -0.25) is 5.32 Å². The Bertz CT molecular complexity index is 1100. The summed E-state index contributed by atoms with van der Waals surface area (Å²) in [6.07, 6.45) is 2.70. The van der Waals surface area contributed by atoms with E-state index in [9.17, 15) is 5.26 Å². The number of nitrogens with one attached hydrogen (secondary N) is 2. The van der Waals surface area contributed by atoms with Crippen LogP contribution in [0.25, 0.3) is 0 Å². The van der Waals surface area contributed by atoms with Crippen LogP contribution in [0.1, 0.15) is 49.9 Å². The average Bonchev–Trinajstić information content (AvgIpc) is 2.74. The average molecular weight is 420 g/mol. The van der Waals surface area contributed by atoms with Crippen LogP contribution in [-0.4, -0.2) is 23.7 Å². The summed E-state index contributed by atoms with van der Waals surface area (Å²) < 4.78 is 11.8. The van der Waals surface area contributed by atoms with Gasteiger partial charge in [0.1, 0.15) is 29.3 Å². The van der Waals surface area contributed by atoms with Gasteiger partial charge in [-0.25, -0.2) is 9.98 Å². The summed E-state index contributed by atoms with van der Waals surface area (Å²) in [6.45, 7) is 6.36. The molecule has 0 aliphatic carbocycles. The number of ether oxygens (including phenoxy) is 2. The summed E-state index contributed by atoms with van der Waals surface area (Å²) in [5.74, 6) is 1.69. The van der Waals surface area contributed by atoms with E-state index in [1.807, 2.05) is 51.2 Å². The maximum atomic E-state index is 9.45. The molecule has 0 spiro atoms. The van der Waals surface area contributed by atoms with Crippen LogP contribution in [0.4, 0.5) is 17.3 Å². The van der Waals surface area contributed by atoms with Crippen molar-refractivity contribution in [3.63, 3.8) is 0 Å². The molecule has 0 bridgehead atoms. The predicted molar refractivity (Wildman–Crippen MR) is 117 cm³/mol. The molecule has 10 heteroatoms. The fraction of sp³-hybridized carbons (Fsp3) is 0.333. The van der Waals surface area contributed by atoms with Gasteiger partial charge in [-0.1, -0.05) is 13.0 Å². The Morgan fingerprint density at radius 2 is 2.03 bits per heavy atom. The number of nitrogens with two attached hydrogens (primary N) is 2. The Labute approximate surface area is 180 Å². The highest BCUT2D eigenvalue weighted by Crippen LogP contribution is 2.42. The third-order valence-electron chi connectivity index (χ3n) is 4.84. The molecule has 0 saturated carbocycles. The maximum Gasteiger partial charge on any atom is 0.211 e.